The summed E-state index contributed by atoms with van der Waals surface area (Å²) in [6.45, 7) is 2.62. The lowest BCUT2D eigenvalue weighted by Crippen LogP contribution is -2.36. The van der Waals surface area contributed by atoms with Crippen LogP contribution in [0.4, 0.5) is 11.4 Å². The summed E-state index contributed by atoms with van der Waals surface area (Å²) in [4.78, 5) is 4.18. The number of pyridine rings is 1. The SMILES string of the molecule is Cc1ccncc1-c1ccc2c(c1)N(C)S(=O)(=O)N2CC1CC1. The van der Waals surface area contributed by atoms with Gasteiger partial charge in [0.05, 0.1) is 11.4 Å². The van der Waals surface area contributed by atoms with Gasteiger partial charge in [0.15, 0.2) is 0 Å². The van der Waals surface area contributed by atoms with Crippen molar-refractivity contribution < 1.29 is 8.42 Å². The molecule has 0 N–H and O–H groups in total. The third kappa shape index (κ3) is 2.28. The molecule has 2 aromatic rings. The molecule has 0 atom stereocenters. The van der Waals surface area contributed by atoms with Gasteiger partial charge >= 0.3 is 10.2 Å². The molecule has 120 valence electrons. The maximum Gasteiger partial charge on any atom is 0.326 e. The van der Waals surface area contributed by atoms with Crippen molar-refractivity contribution in [3.63, 3.8) is 0 Å². The number of nitrogens with zero attached hydrogens (tertiary/aromatic N) is 3. The standard InChI is InChI=1S/C17H19N3O2S/c1-12-7-8-18-10-15(12)14-5-6-16-17(9-14)19(2)23(21,22)20(16)11-13-3-4-13/h5-10,13H,3-4,11H2,1-2H3. The molecule has 0 amide bonds. The number of anilines is 2. The van der Waals surface area contributed by atoms with E-state index >= 15 is 0 Å². The van der Waals surface area contributed by atoms with Gasteiger partial charge in [-0.1, -0.05) is 6.07 Å². The Hall–Kier alpha value is -2.08. The molecule has 1 aliphatic carbocycles. The summed E-state index contributed by atoms with van der Waals surface area (Å²) >= 11 is 0. The summed E-state index contributed by atoms with van der Waals surface area (Å²) in [5.74, 6) is 0.504. The lowest BCUT2D eigenvalue weighted by molar-refractivity contribution is 0.590. The average molecular weight is 329 g/mol. The molecule has 0 saturated heterocycles. The van der Waals surface area contributed by atoms with Gasteiger partial charge in [0.1, 0.15) is 0 Å². The van der Waals surface area contributed by atoms with Crippen molar-refractivity contribution >= 4 is 21.6 Å². The molecular weight excluding hydrogens is 310 g/mol. The van der Waals surface area contributed by atoms with E-state index in [0.717, 1.165) is 40.9 Å². The lowest BCUT2D eigenvalue weighted by atomic mass is 10.0. The van der Waals surface area contributed by atoms with Crippen molar-refractivity contribution in [1.29, 1.82) is 0 Å². The average Bonchev–Trinajstić information content (AvgIpc) is 3.33. The number of hydrogen-bond acceptors (Lipinski definition) is 3. The van der Waals surface area contributed by atoms with Gasteiger partial charge in [0.2, 0.25) is 0 Å². The summed E-state index contributed by atoms with van der Waals surface area (Å²) in [5, 5.41) is 0. The van der Waals surface area contributed by atoms with Crippen LogP contribution in [0.5, 0.6) is 0 Å². The molecule has 0 spiro atoms. The van der Waals surface area contributed by atoms with Crippen LogP contribution >= 0.6 is 0 Å². The van der Waals surface area contributed by atoms with Crippen LogP contribution in [0, 0.1) is 12.8 Å². The van der Waals surface area contributed by atoms with Gasteiger partial charge in [0.25, 0.3) is 0 Å². The van der Waals surface area contributed by atoms with E-state index < -0.39 is 10.2 Å². The van der Waals surface area contributed by atoms with Crippen LogP contribution in [-0.2, 0) is 10.2 Å². The van der Waals surface area contributed by atoms with Gasteiger partial charge in [-0.3, -0.25) is 13.6 Å². The van der Waals surface area contributed by atoms with Gasteiger partial charge in [-0.2, -0.15) is 8.42 Å². The zero-order valence-corrected chi connectivity index (χ0v) is 14.0. The number of rotatable bonds is 3. The molecule has 4 rings (SSSR count). The van der Waals surface area contributed by atoms with E-state index in [4.69, 9.17) is 0 Å². The molecule has 1 fully saturated rings. The predicted molar refractivity (Wildman–Crippen MR) is 91.8 cm³/mol. The van der Waals surface area contributed by atoms with Crippen LogP contribution in [0.1, 0.15) is 18.4 Å². The van der Waals surface area contributed by atoms with Crippen molar-refractivity contribution in [2.45, 2.75) is 19.8 Å². The van der Waals surface area contributed by atoms with Crippen molar-refractivity contribution in [1.82, 2.24) is 4.98 Å². The lowest BCUT2D eigenvalue weighted by Gasteiger charge is -2.18. The second-order valence-electron chi connectivity index (χ2n) is 6.34. The molecule has 1 aromatic carbocycles. The number of hydrogen-bond donors (Lipinski definition) is 0. The maximum atomic E-state index is 12.7. The molecule has 6 heteroatoms. The van der Waals surface area contributed by atoms with E-state index in [1.807, 2.05) is 37.4 Å². The van der Waals surface area contributed by atoms with Crippen LogP contribution in [0.2, 0.25) is 0 Å². The fourth-order valence-electron chi connectivity index (χ4n) is 3.04. The summed E-state index contributed by atoms with van der Waals surface area (Å²) in [6, 6.07) is 7.81. The van der Waals surface area contributed by atoms with Gasteiger partial charge in [-0.05, 0) is 55.0 Å². The molecule has 2 heterocycles. The van der Waals surface area contributed by atoms with E-state index in [0.29, 0.717) is 12.5 Å². The topological polar surface area (TPSA) is 53.5 Å². The Morgan fingerprint density at radius 1 is 1.22 bits per heavy atom. The van der Waals surface area contributed by atoms with Crippen LogP contribution < -0.4 is 8.61 Å². The number of aryl methyl sites for hydroxylation is 1. The largest absolute Gasteiger partial charge is 0.326 e. The maximum absolute atomic E-state index is 12.7. The van der Waals surface area contributed by atoms with Crippen LogP contribution in [-0.4, -0.2) is 27.0 Å². The third-order valence-electron chi connectivity index (χ3n) is 4.68. The molecular formula is C17H19N3O2S. The minimum absolute atomic E-state index is 0.504. The summed E-state index contributed by atoms with van der Waals surface area (Å²) in [5.41, 5.74) is 4.67. The first-order chi connectivity index (χ1) is 11.0. The molecule has 5 nitrogen and oxygen atoms in total. The smallest absolute Gasteiger partial charge is 0.264 e. The van der Waals surface area contributed by atoms with Crippen molar-refractivity contribution in [3.05, 3.63) is 42.2 Å². The highest BCUT2D eigenvalue weighted by atomic mass is 32.2. The van der Waals surface area contributed by atoms with Gasteiger partial charge in [-0.15, -0.1) is 0 Å². The molecule has 0 bridgehead atoms. The van der Waals surface area contributed by atoms with E-state index in [-0.39, 0.29) is 0 Å². The first kappa shape index (κ1) is 14.5. The number of benzene rings is 1. The monoisotopic (exact) mass is 329 g/mol. The normalized spacial score (nSPS) is 19.0. The van der Waals surface area contributed by atoms with Crippen molar-refractivity contribution in [2.24, 2.45) is 5.92 Å². The quantitative estimate of drug-likeness (QED) is 0.870. The first-order valence-electron chi connectivity index (χ1n) is 7.80. The van der Waals surface area contributed by atoms with Crippen molar-refractivity contribution in [3.8, 4) is 11.1 Å². The Morgan fingerprint density at radius 3 is 2.70 bits per heavy atom. The molecule has 1 aromatic heterocycles. The Kier molecular flexibility index (Phi) is 3.13. The first-order valence-corrected chi connectivity index (χ1v) is 9.20. The molecule has 1 saturated carbocycles. The second kappa shape index (κ2) is 4.96. The Labute approximate surface area is 136 Å². The molecule has 2 aliphatic rings. The van der Waals surface area contributed by atoms with E-state index in [2.05, 4.69) is 4.98 Å². The zero-order chi connectivity index (χ0) is 16.2. The summed E-state index contributed by atoms with van der Waals surface area (Å²) in [6.07, 6.45) is 5.83. The fourth-order valence-corrected chi connectivity index (χ4v) is 4.54. The molecule has 23 heavy (non-hydrogen) atoms. The minimum atomic E-state index is -3.44. The van der Waals surface area contributed by atoms with E-state index in [9.17, 15) is 8.42 Å². The number of aromatic nitrogens is 1. The van der Waals surface area contributed by atoms with Crippen LogP contribution in [0.15, 0.2) is 36.7 Å². The summed E-state index contributed by atoms with van der Waals surface area (Å²) < 4.78 is 28.3. The van der Waals surface area contributed by atoms with Crippen molar-refractivity contribution in [2.75, 3.05) is 22.2 Å². The molecule has 0 radical (unpaired) electrons. The van der Waals surface area contributed by atoms with Gasteiger partial charge < -0.3 is 0 Å². The van der Waals surface area contributed by atoms with Crippen LogP contribution in [0.3, 0.4) is 0 Å². The Morgan fingerprint density at radius 2 is 2.00 bits per heavy atom. The van der Waals surface area contributed by atoms with Crippen LogP contribution in [0.25, 0.3) is 11.1 Å². The van der Waals surface area contributed by atoms with E-state index in [1.165, 1.54) is 4.31 Å². The highest BCUT2D eigenvalue weighted by Gasteiger charge is 2.40. The number of fused-ring (bicyclic) bond motifs is 1. The second-order valence-corrected chi connectivity index (χ2v) is 8.23. The fraction of sp³-hybridized carbons (Fsp3) is 0.353. The molecule has 1 aliphatic heterocycles. The van der Waals surface area contributed by atoms with Gasteiger partial charge in [-0.25, -0.2) is 0 Å². The summed E-state index contributed by atoms with van der Waals surface area (Å²) in [7, 11) is -1.81. The van der Waals surface area contributed by atoms with Gasteiger partial charge in [0, 0.05) is 31.5 Å². The third-order valence-corrected chi connectivity index (χ3v) is 6.47. The Balaban J connectivity index is 1.81. The zero-order valence-electron chi connectivity index (χ0n) is 13.2. The van der Waals surface area contributed by atoms with E-state index in [1.54, 1.807) is 17.5 Å². The highest BCUT2D eigenvalue weighted by molar-refractivity contribution is 7.94. The molecule has 0 unspecified atom stereocenters. The highest BCUT2D eigenvalue weighted by Crippen LogP contribution is 2.44. The Bertz CT molecular complexity index is 875. The minimum Gasteiger partial charge on any atom is -0.264 e. The predicted octanol–water partition coefficient (Wildman–Crippen LogP) is 2.97.